The molecule has 0 spiro atoms. The van der Waals surface area contributed by atoms with Crippen LogP contribution < -0.4 is 14.8 Å². The van der Waals surface area contributed by atoms with E-state index in [1.165, 1.54) is 13.2 Å². The number of nitrogens with one attached hydrogen (secondary N) is 1. The van der Waals surface area contributed by atoms with Crippen LogP contribution in [0.15, 0.2) is 42.5 Å². The fourth-order valence-corrected chi connectivity index (χ4v) is 1.89. The van der Waals surface area contributed by atoms with Crippen molar-refractivity contribution < 1.29 is 13.9 Å². The summed E-state index contributed by atoms with van der Waals surface area (Å²) in [6.45, 7) is 3.23. The SMILES string of the molecule is CCOc1cccc(CNc2ccc(F)c(OC)c2)c1. The summed E-state index contributed by atoms with van der Waals surface area (Å²) >= 11 is 0. The lowest BCUT2D eigenvalue weighted by Crippen LogP contribution is -2.01. The maximum Gasteiger partial charge on any atom is 0.165 e. The van der Waals surface area contributed by atoms with Crippen LogP contribution in [0, 0.1) is 5.82 Å². The van der Waals surface area contributed by atoms with Crippen molar-refractivity contribution >= 4 is 5.69 Å². The first-order valence-corrected chi connectivity index (χ1v) is 6.52. The van der Waals surface area contributed by atoms with Crippen molar-refractivity contribution in [1.82, 2.24) is 0 Å². The van der Waals surface area contributed by atoms with Gasteiger partial charge >= 0.3 is 0 Å². The van der Waals surface area contributed by atoms with E-state index >= 15 is 0 Å². The van der Waals surface area contributed by atoms with Crippen LogP contribution in [-0.2, 0) is 6.54 Å². The van der Waals surface area contributed by atoms with Crippen molar-refractivity contribution in [3.63, 3.8) is 0 Å². The number of methoxy groups -OCH3 is 1. The molecule has 20 heavy (non-hydrogen) atoms. The van der Waals surface area contributed by atoms with Gasteiger partial charge in [0.05, 0.1) is 13.7 Å². The smallest absolute Gasteiger partial charge is 0.165 e. The van der Waals surface area contributed by atoms with Gasteiger partial charge in [-0.05, 0) is 36.8 Å². The van der Waals surface area contributed by atoms with Crippen LogP contribution in [-0.4, -0.2) is 13.7 Å². The van der Waals surface area contributed by atoms with E-state index in [1.807, 2.05) is 31.2 Å². The summed E-state index contributed by atoms with van der Waals surface area (Å²) in [5, 5.41) is 3.23. The molecule has 0 heterocycles. The van der Waals surface area contributed by atoms with Crippen molar-refractivity contribution in [2.45, 2.75) is 13.5 Å². The van der Waals surface area contributed by atoms with Gasteiger partial charge in [0.25, 0.3) is 0 Å². The fraction of sp³-hybridized carbons (Fsp3) is 0.250. The highest BCUT2D eigenvalue weighted by Gasteiger charge is 2.03. The minimum atomic E-state index is -0.364. The molecule has 0 bridgehead atoms. The Kier molecular flexibility index (Phi) is 4.82. The van der Waals surface area contributed by atoms with E-state index in [0.29, 0.717) is 13.2 Å². The molecule has 2 rings (SSSR count). The molecule has 0 aliphatic carbocycles. The lowest BCUT2D eigenvalue weighted by Gasteiger charge is -2.10. The van der Waals surface area contributed by atoms with Gasteiger partial charge in [-0.15, -0.1) is 0 Å². The minimum Gasteiger partial charge on any atom is -0.494 e. The predicted octanol–water partition coefficient (Wildman–Crippen LogP) is 3.85. The molecule has 0 aromatic heterocycles. The van der Waals surface area contributed by atoms with Gasteiger partial charge < -0.3 is 14.8 Å². The molecule has 2 aromatic carbocycles. The first-order chi connectivity index (χ1) is 9.72. The molecule has 0 unspecified atom stereocenters. The van der Waals surface area contributed by atoms with Crippen LogP contribution in [0.3, 0.4) is 0 Å². The standard InChI is InChI=1S/C16H18FNO2/c1-3-20-14-6-4-5-12(9-14)11-18-13-7-8-15(17)16(10-13)19-2/h4-10,18H,3,11H2,1-2H3. The second-order valence-electron chi connectivity index (χ2n) is 4.28. The van der Waals surface area contributed by atoms with Gasteiger partial charge in [0.15, 0.2) is 11.6 Å². The summed E-state index contributed by atoms with van der Waals surface area (Å²) in [4.78, 5) is 0. The van der Waals surface area contributed by atoms with E-state index < -0.39 is 0 Å². The Hall–Kier alpha value is -2.23. The topological polar surface area (TPSA) is 30.5 Å². The molecule has 106 valence electrons. The average Bonchev–Trinajstić information content (AvgIpc) is 2.47. The average molecular weight is 275 g/mol. The Labute approximate surface area is 118 Å². The highest BCUT2D eigenvalue weighted by molar-refractivity contribution is 5.49. The van der Waals surface area contributed by atoms with E-state index in [4.69, 9.17) is 9.47 Å². The molecule has 0 saturated carbocycles. The highest BCUT2D eigenvalue weighted by atomic mass is 19.1. The summed E-state index contributed by atoms with van der Waals surface area (Å²) in [7, 11) is 1.45. The van der Waals surface area contributed by atoms with Crippen molar-refractivity contribution in [3.8, 4) is 11.5 Å². The number of rotatable bonds is 6. The molecule has 0 radical (unpaired) electrons. The van der Waals surface area contributed by atoms with Gasteiger partial charge in [-0.1, -0.05) is 12.1 Å². The lowest BCUT2D eigenvalue weighted by molar-refractivity contribution is 0.340. The number of ether oxygens (including phenoxy) is 2. The maximum atomic E-state index is 13.3. The van der Waals surface area contributed by atoms with Crippen LogP contribution in [0.25, 0.3) is 0 Å². The van der Waals surface area contributed by atoms with Crippen LogP contribution in [0.2, 0.25) is 0 Å². The Morgan fingerprint density at radius 1 is 1.15 bits per heavy atom. The quantitative estimate of drug-likeness (QED) is 0.868. The van der Waals surface area contributed by atoms with Gasteiger partial charge in [0.1, 0.15) is 5.75 Å². The summed E-state index contributed by atoms with van der Waals surface area (Å²) in [5.74, 6) is 0.720. The van der Waals surface area contributed by atoms with Gasteiger partial charge in [-0.3, -0.25) is 0 Å². The first kappa shape index (κ1) is 14.2. The summed E-state index contributed by atoms with van der Waals surface area (Å²) in [6, 6.07) is 12.6. The largest absolute Gasteiger partial charge is 0.494 e. The fourth-order valence-electron chi connectivity index (χ4n) is 1.89. The van der Waals surface area contributed by atoms with Crippen LogP contribution in [0.1, 0.15) is 12.5 Å². The molecule has 1 N–H and O–H groups in total. The summed E-state index contributed by atoms with van der Waals surface area (Å²) in [6.07, 6.45) is 0. The second-order valence-corrected chi connectivity index (χ2v) is 4.28. The molecule has 0 aliphatic heterocycles. The molecular formula is C16H18FNO2. The minimum absolute atomic E-state index is 0.234. The molecule has 0 amide bonds. The third kappa shape index (κ3) is 3.63. The van der Waals surface area contributed by atoms with E-state index in [0.717, 1.165) is 17.0 Å². The number of hydrogen-bond donors (Lipinski definition) is 1. The zero-order valence-corrected chi connectivity index (χ0v) is 11.7. The second kappa shape index (κ2) is 6.80. The van der Waals surface area contributed by atoms with Gasteiger partial charge in [0.2, 0.25) is 0 Å². The van der Waals surface area contributed by atoms with E-state index in [1.54, 1.807) is 12.1 Å². The molecule has 2 aromatic rings. The third-order valence-corrected chi connectivity index (χ3v) is 2.86. The van der Waals surface area contributed by atoms with Crippen molar-refractivity contribution in [3.05, 3.63) is 53.8 Å². The van der Waals surface area contributed by atoms with Crippen molar-refractivity contribution in [2.75, 3.05) is 19.0 Å². The normalized spacial score (nSPS) is 10.2. The third-order valence-electron chi connectivity index (χ3n) is 2.86. The molecule has 3 nitrogen and oxygen atoms in total. The molecule has 4 heteroatoms. The van der Waals surface area contributed by atoms with Gasteiger partial charge in [-0.25, -0.2) is 4.39 Å². The predicted molar refractivity (Wildman–Crippen MR) is 77.9 cm³/mol. The molecule has 0 fully saturated rings. The number of anilines is 1. The monoisotopic (exact) mass is 275 g/mol. The molecular weight excluding hydrogens is 257 g/mol. The highest BCUT2D eigenvalue weighted by Crippen LogP contribution is 2.22. The van der Waals surface area contributed by atoms with Crippen LogP contribution >= 0.6 is 0 Å². The Balaban J connectivity index is 2.03. The number of hydrogen-bond acceptors (Lipinski definition) is 3. The van der Waals surface area contributed by atoms with Crippen LogP contribution in [0.4, 0.5) is 10.1 Å². The zero-order chi connectivity index (χ0) is 14.4. The van der Waals surface area contributed by atoms with E-state index in [9.17, 15) is 4.39 Å². The Morgan fingerprint density at radius 2 is 2.00 bits per heavy atom. The molecule has 0 atom stereocenters. The lowest BCUT2D eigenvalue weighted by atomic mass is 10.2. The van der Waals surface area contributed by atoms with Crippen molar-refractivity contribution in [2.24, 2.45) is 0 Å². The summed E-state index contributed by atoms with van der Waals surface area (Å²) in [5.41, 5.74) is 1.91. The first-order valence-electron chi connectivity index (χ1n) is 6.52. The van der Waals surface area contributed by atoms with E-state index in [-0.39, 0.29) is 11.6 Å². The van der Waals surface area contributed by atoms with Crippen LogP contribution in [0.5, 0.6) is 11.5 Å². The maximum absolute atomic E-state index is 13.3. The molecule has 0 aliphatic rings. The zero-order valence-electron chi connectivity index (χ0n) is 11.7. The molecule has 0 saturated heterocycles. The Bertz CT molecular complexity index is 572. The number of benzene rings is 2. The van der Waals surface area contributed by atoms with Crippen molar-refractivity contribution in [1.29, 1.82) is 0 Å². The van der Waals surface area contributed by atoms with Gasteiger partial charge in [-0.2, -0.15) is 0 Å². The summed E-state index contributed by atoms with van der Waals surface area (Å²) < 4.78 is 23.7. The van der Waals surface area contributed by atoms with E-state index in [2.05, 4.69) is 5.32 Å². The van der Waals surface area contributed by atoms with Gasteiger partial charge in [0, 0.05) is 18.3 Å². The Morgan fingerprint density at radius 3 is 2.75 bits per heavy atom. The number of halogens is 1.